The lowest BCUT2D eigenvalue weighted by atomic mass is 10.1. The summed E-state index contributed by atoms with van der Waals surface area (Å²) in [5.74, 6) is -2.24. The number of carboxylic acid groups (broad SMARTS) is 1. The highest BCUT2D eigenvalue weighted by molar-refractivity contribution is 7.86. The van der Waals surface area contributed by atoms with E-state index in [9.17, 15) is 21.6 Å². The van der Waals surface area contributed by atoms with Crippen molar-refractivity contribution in [1.29, 1.82) is 0 Å². The molecule has 0 aliphatic carbocycles. The van der Waals surface area contributed by atoms with Gasteiger partial charge in [-0.25, -0.2) is 4.79 Å². The smallest absolute Gasteiger partial charge is 0.331 e. The van der Waals surface area contributed by atoms with E-state index in [-0.39, 0.29) is 31.3 Å². The molecule has 0 heterocycles. The van der Waals surface area contributed by atoms with Crippen molar-refractivity contribution in [3.8, 4) is 0 Å². The van der Waals surface area contributed by atoms with Crippen LogP contribution in [-0.4, -0.2) is 48.5 Å². The Bertz CT molecular complexity index is 529. The molecule has 0 unspecified atom stereocenters. The van der Waals surface area contributed by atoms with Gasteiger partial charge in [-0.15, -0.1) is 0 Å². The van der Waals surface area contributed by atoms with Gasteiger partial charge >= 0.3 is 5.97 Å². The highest BCUT2D eigenvalue weighted by atomic mass is 32.2. The van der Waals surface area contributed by atoms with Gasteiger partial charge in [0, 0.05) is 5.57 Å². The van der Waals surface area contributed by atoms with E-state index in [1.807, 2.05) is 0 Å². The Balaban J connectivity index is 4.29. The summed E-state index contributed by atoms with van der Waals surface area (Å²) in [6, 6.07) is 0. The molecule has 0 bridgehead atoms. The van der Waals surface area contributed by atoms with E-state index in [0.29, 0.717) is 0 Å². The summed E-state index contributed by atoms with van der Waals surface area (Å²) in [6.07, 6.45) is 1.37. The van der Waals surface area contributed by atoms with Crippen LogP contribution >= 0.6 is 0 Å². The largest absolute Gasteiger partial charge is 0.478 e. The SMILES string of the molecule is O=C(O)C(=CCCCS(=O)(=O)O)CCCS(=O)(=O)O. The van der Waals surface area contributed by atoms with E-state index in [0.717, 1.165) is 0 Å². The molecule has 0 aromatic heterocycles. The molecule has 0 aromatic rings. The highest BCUT2D eigenvalue weighted by Gasteiger charge is 2.10. The molecular formula is C9H16O8S2. The maximum atomic E-state index is 10.8. The van der Waals surface area contributed by atoms with Gasteiger partial charge in [0.15, 0.2) is 0 Å². The third-order valence-corrected chi connectivity index (χ3v) is 3.73. The van der Waals surface area contributed by atoms with Crippen LogP contribution < -0.4 is 0 Å². The fourth-order valence-electron chi connectivity index (χ4n) is 1.28. The van der Waals surface area contributed by atoms with E-state index >= 15 is 0 Å². The molecule has 0 aliphatic rings. The number of carboxylic acids is 1. The van der Waals surface area contributed by atoms with Gasteiger partial charge in [-0.1, -0.05) is 6.08 Å². The second kappa shape index (κ2) is 7.58. The van der Waals surface area contributed by atoms with Gasteiger partial charge < -0.3 is 5.11 Å². The normalized spacial score (nSPS) is 13.5. The van der Waals surface area contributed by atoms with Crippen LogP contribution in [0.4, 0.5) is 0 Å². The Morgan fingerprint density at radius 3 is 1.84 bits per heavy atom. The van der Waals surface area contributed by atoms with Crippen LogP contribution in [0.15, 0.2) is 11.6 Å². The summed E-state index contributed by atoms with van der Waals surface area (Å²) < 4.78 is 58.7. The van der Waals surface area contributed by atoms with E-state index in [1.165, 1.54) is 6.08 Å². The van der Waals surface area contributed by atoms with Crippen LogP contribution in [0.2, 0.25) is 0 Å². The van der Waals surface area contributed by atoms with Gasteiger partial charge in [0.2, 0.25) is 0 Å². The van der Waals surface area contributed by atoms with E-state index in [1.54, 1.807) is 0 Å². The third kappa shape index (κ3) is 11.8. The molecule has 0 atom stereocenters. The zero-order chi connectivity index (χ0) is 15.1. The van der Waals surface area contributed by atoms with Crippen LogP contribution in [0.1, 0.15) is 25.7 Å². The van der Waals surface area contributed by atoms with Crippen LogP contribution in [-0.2, 0) is 25.0 Å². The molecule has 0 saturated heterocycles. The lowest BCUT2D eigenvalue weighted by Crippen LogP contribution is -2.07. The predicted octanol–water partition coefficient (Wildman–Crippen LogP) is 0.333. The number of unbranched alkanes of at least 4 members (excludes halogenated alkanes) is 1. The molecule has 0 aliphatic heterocycles. The van der Waals surface area contributed by atoms with Crippen molar-refractivity contribution >= 4 is 26.2 Å². The average molecular weight is 316 g/mol. The minimum absolute atomic E-state index is 0.0464. The lowest BCUT2D eigenvalue weighted by molar-refractivity contribution is -0.132. The molecule has 0 radical (unpaired) electrons. The molecule has 0 fully saturated rings. The van der Waals surface area contributed by atoms with Crippen molar-refractivity contribution in [2.45, 2.75) is 25.7 Å². The molecule has 8 nitrogen and oxygen atoms in total. The Morgan fingerprint density at radius 1 is 0.947 bits per heavy atom. The van der Waals surface area contributed by atoms with Crippen LogP contribution in [0, 0.1) is 0 Å². The zero-order valence-corrected chi connectivity index (χ0v) is 11.7. The number of rotatable bonds is 9. The van der Waals surface area contributed by atoms with Gasteiger partial charge in [0.25, 0.3) is 20.2 Å². The number of carbonyl (C=O) groups is 1. The molecule has 0 aromatic carbocycles. The van der Waals surface area contributed by atoms with Crippen molar-refractivity contribution in [2.75, 3.05) is 11.5 Å². The van der Waals surface area contributed by atoms with Crippen molar-refractivity contribution in [2.24, 2.45) is 0 Å². The highest BCUT2D eigenvalue weighted by Crippen LogP contribution is 2.09. The zero-order valence-electron chi connectivity index (χ0n) is 10.0. The molecule has 19 heavy (non-hydrogen) atoms. The summed E-state index contributed by atoms with van der Waals surface area (Å²) in [5, 5.41) is 8.81. The van der Waals surface area contributed by atoms with Crippen molar-refractivity contribution in [1.82, 2.24) is 0 Å². The standard InChI is InChI=1S/C9H16O8S2/c10-9(11)8(5-3-7-19(15,16)17)4-1-2-6-18(12,13)14/h4H,1-3,5-7H2,(H,10,11)(H,12,13,14)(H,15,16,17). The first-order valence-electron chi connectivity index (χ1n) is 5.34. The quantitative estimate of drug-likeness (QED) is 0.313. The van der Waals surface area contributed by atoms with Gasteiger partial charge in [-0.05, 0) is 25.7 Å². The summed E-state index contributed by atoms with van der Waals surface area (Å²) >= 11 is 0. The maximum absolute atomic E-state index is 10.8. The van der Waals surface area contributed by atoms with Crippen molar-refractivity contribution in [3.63, 3.8) is 0 Å². The van der Waals surface area contributed by atoms with Crippen LogP contribution in [0.5, 0.6) is 0 Å². The topological polar surface area (TPSA) is 146 Å². The fourth-order valence-corrected chi connectivity index (χ4v) is 2.32. The summed E-state index contributed by atoms with van der Waals surface area (Å²) in [6.45, 7) is 0. The number of allylic oxidation sites excluding steroid dienone is 1. The summed E-state index contributed by atoms with van der Waals surface area (Å²) in [4.78, 5) is 10.8. The lowest BCUT2D eigenvalue weighted by Gasteiger charge is -2.02. The second-order valence-corrected chi connectivity index (χ2v) is 7.00. The summed E-state index contributed by atoms with van der Waals surface area (Å²) in [7, 11) is -8.19. The Kier molecular flexibility index (Phi) is 7.19. The van der Waals surface area contributed by atoms with E-state index < -0.39 is 37.7 Å². The maximum Gasteiger partial charge on any atom is 0.331 e. The van der Waals surface area contributed by atoms with Crippen LogP contribution in [0.25, 0.3) is 0 Å². The minimum Gasteiger partial charge on any atom is -0.478 e. The molecule has 112 valence electrons. The van der Waals surface area contributed by atoms with Crippen molar-refractivity contribution < 1.29 is 35.8 Å². The first kappa shape index (κ1) is 18.0. The van der Waals surface area contributed by atoms with E-state index in [4.69, 9.17) is 14.2 Å². The van der Waals surface area contributed by atoms with E-state index in [2.05, 4.69) is 0 Å². The second-order valence-electron chi connectivity index (χ2n) is 3.85. The molecule has 0 saturated carbocycles. The monoisotopic (exact) mass is 316 g/mol. The first-order valence-corrected chi connectivity index (χ1v) is 8.56. The Morgan fingerprint density at radius 2 is 1.42 bits per heavy atom. The molecule has 3 N–H and O–H groups in total. The molecular weight excluding hydrogens is 300 g/mol. The summed E-state index contributed by atoms with van der Waals surface area (Å²) in [5.41, 5.74) is -0.0565. The van der Waals surface area contributed by atoms with Gasteiger partial charge in [0.1, 0.15) is 0 Å². The van der Waals surface area contributed by atoms with Crippen LogP contribution in [0.3, 0.4) is 0 Å². The first-order chi connectivity index (χ1) is 8.51. The van der Waals surface area contributed by atoms with Gasteiger partial charge in [-0.3, -0.25) is 9.11 Å². The average Bonchev–Trinajstić information content (AvgIpc) is 2.17. The Hall–Kier alpha value is -0.970. The minimum atomic E-state index is -4.12. The molecule has 0 rings (SSSR count). The molecule has 0 amide bonds. The third-order valence-electron chi connectivity index (χ3n) is 2.12. The number of hydrogen-bond donors (Lipinski definition) is 3. The number of hydrogen-bond acceptors (Lipinski definition) is 5. The van der Waals surface area contributed by atoms with Gasteiger partial charge in [0.05, 0.1) is 11.5 Å². The van der Waals surface area contributed by atoms with Gasteiger partial charge in [-0.2, -0.15) is 16.8 Å². The molecule has 0 spiro atoms. The fraction of sp³-hybridized carbons (Fsp3) is 0.667. The van der Waals surface area contributed by atoms with Crippen molar-refractivity contribution in [3.05, 3.63) is 11.6 Å². The predicted molar refractivity (Wildman–Crippen MR) is 67.0 cm³/mol. The number of aliphatic carboxylic acids is 1. The Labute approximate surface area is 111 Å². The molecule has 10 heteroatoms.